The highest BCUT2D eigenvalue weighted by atomic mass is 35.5. The zero-order chi connectivity index (χ0) is 27.4. The number of benzene rings is 2. The summed E-state index contributed by atoms with van der Waals surface area (Å²) in [6.07, 6.45) is 3.63. The molecule has 38 heavy (non-hydrogen) atoms. The molecule has 3 N–H and O–H groups in total. The summed E-state index contributed by atoms with van der Waals surface area (Å²) in [5.41, 5.74) is 0.337. The summed E-state index contributed by atoms with van der Waals surface area (Å²) in [4.78, 5) is 28.2. The molecule has 4 unspecified atom stereocenters. The maximum absolute atomic E-state index is 15.0. The maximum Gasteiger partial charge on any atom is 0.237 e. The summed E-state index contributed by atoms with van der Waals surface area (Å²) < 4.78 is 15.0. The first-order valence-corrected chi connectivity index (χ1v) is 14.2. The van der Waals surface area contributed by atoms with Crippen LogP contribution in [0.1, 0.15) is 76.3 Å². The van der Waals surface area contributed by atoms with Crippen molar-refractivity contribution in [3.8, 4) is 0 Å². The third kappa shape index (κ3) is 4.90. The molecular weight excluding hydrogens is 526 g/mol. The predicted octanol–water partition coefficient (Wildman–Crippen LogP) is 6.39. The lowest BCUT2D eigenvalue weighted by Gasteiger charge is -2.37. The second-order valence-corrected chi connectivity index (χ2v) is 13.3. The van der Waals surface area contributed by atoms with Crippen LogP contribution in [-0.4, -0.2) is 35.0 Å². The van der Waals surface area contributed by atoms with Gasteiger partial charge in [0.2, 0.25) is 5.91 Å². The fourth-order valence-corrected chi connectivity index (χ4v) is 7.31. The van der Waals surface area contributed by atoms with Gasteiger partial charge in [0, 0.05) is 29.1 Å². The number of anilines is 1. The van der Waals surface area contributed by atoms with Gasteiger partial charge in [0.25, 0.3) is 0 Å². The van der Waals surface area contributed by atoms with Crippen LogP contribution in [0, 0.1) is 17.2 Å². The number of hydrogen-bond acceptors (Lipinski definition) is 4. The van der Waals surface area contributed by atoms with Crippen LogP contribution in [-0.2, 0) is 15.0 Å². The van der Waals surface area contributed by atoms with Gasteiger partial charge >= 0.3 is 0 Å². The number of carbonyl (C=O) groups excluding carboxylic acids is 2. The molecule has 1 saturated carbocycles. The molecule has 4 atom stereocenters. The first-order chi connectivity index (χ1) is 17.9. The van der Waals surface area contributed by atoms with Crippen LogP contribution in [0.5, 0.6) is 0 Å². The van der Waals surface area contributed by atoms with Gasteiger partial charge in [0.1, 0.15) is 11.2 Å². The topological polar surface area (TPSA) is 78.4 Å². The Balaban J connectivity index is 1.66. The second kappa shape index (κ2) is 10.2. The number of fused-ring (bicyclic) bond motifs is 2. The Hall–Kier alpha value is -1.99. The minimum atomic E-state index is -1.23. The van der Waals surface area contributed by atoms with E-state index in [-0.39, 0.29) is 34.1 Å². The Bertz CT molecular complexity index is 1250. The van der Waals surface area contributed by atoms with Gasteiger partial charge in [-0.2, -0.15) is 0 Å². The van der Waals surface area contributed by atoms with Gasteiger partial charge in [-0.1, -0.05) is 56.1 Å². The molecule has 1 spiro atoms. The van der Waals surface area contributed by atoms with E-state index in [0.717, 1.165) is 18.4 Å². The number of Topliss-reactive ketones (excluding diaryl/α,β-unsaturated/α-hetero) is 1. The summed E-state index contributed by atoms with van der Waals surface area (Å²) in [7, 11) is 0. The summed E-state index contributed by atoms with van der Waals surface area (Å²) in [5.74, 6) is -1.25. The van der Waals surface area contributed by atoms with Gasteiger partial charge < -0.3 is 15.7 Å². The molecule has 0 radical (unpaired) electrons. The highest BCUT2D eigenvalue weighted by molar-refractivity contribution is 6.31. The molecule has 8 heteroatoms. The Morgan fingerprint density at radius 1 is 1.13 bits per heavy atom. The molecule has 2 fully saturated rings. The van der Waals surface area contributed by atoms with E-state index >= 15 is 0 Å². The normalized spacial score (nSPS) is 30.9. The first kappa shape index (κ1) is 27.6. The van der Waals surface area contributed by atoms with Gasteiger partial charge in [-0.3, -0.25) is 9.59 Å². The van der Waals surface area contributed by atoms with Gasteiger partial charge in [0.15, 0.2) is 5.78 Å². The van der Waals surface area contributed by atoms with Crippen LogP contribution in [0.2, 0.25) is 10.0 Å². The van der Waals surface area contributed by atoms with Crippen molar-refractivity contribution < 1.29 is 19.1 Å². The lowest BCUT2D eigenvalue weighted by atomic mass is 9.62. The number of amides is 1. The number of hydrogen-bond donors (Lipinski definition) is 3. The minimum Gasteiger partial charge on any atom is -0.393 e. The number of carbonyl (C=O) groups is 2. The summed E-state index contributed by atoms with van der Waals surface area (Å²) in [5, 5.41) is 16.9. The van der Waals surface area contributed by atoms with Gasteiger partial charge in [-0.25, -0.2) is 4.39 Å². The van der Waals surface area contributed by atoms with Crippen molar-refractivity contribution >= 4 is 40.6 Å². The number of aliphatic hydroxyl groups is 1. The molecule has 1 saturated heterocycles. The van der Waals surface area contributed by atoms with E-state index in [1.807, 2.05) is 18.2 Å². The van der Waals surface area contributed by atoms with E-state index in [1.165, 1.54) is 12.1 Å². The molecule has 0 aromatic heterocycles. The molecule has 3 aliphatic rings. The average molecular weight is 562 g/mol. The number of halogens is 3. The monoisotopic (exact) mass is 560 g/mol. The molecule has 5 rings (SSSR count). The third-order valence-electron chi connectivity index (χ3n) is 8.56. The predicted molar refractivity (Wildman–Crippen MR) is 148 cm³/mol. The zero-order valence-electron chi connectivity index (χ0n) is 22.0. The Kier molecular flexibility index (Phi) is 7.40. The molecule has 5 nitrogen and oxygen atoms in total. The van der Waals surface area contributed by atoms with Crippen LogP contribution in [0.25, 0.3) is 0 Å². The minimum absolute atomic E-state index is 0.0304. The molecule has 2 aromatic carbocycles. The highest BCUT2D eigenvalue weighted by Gasteiger charge is 2.65. The molecule has 0 bridgehead atoms. The average Bonchev–Trinajstić information content (AvgIpc) is 3.30. The van der Waals surface area contributed by atoms with Crippen molar-refractivity contribution in [2.24, 2.45) is 11.3 Å². The van der Waals surface area contributed by atoms with Crippen molar-refractivity contribution in [3.05, 3.63) is 63.4 Å². The molecule has 1 aliphatic carbocycles. The van der Waals surface area contributed by atoms with E-state index < -0.39 is 29.2 Å². The number of rotatable bonds is 5. The van der Waals surface area contributed by atoms with Crippen molar-refractivity contribution in [1.82, 2.24) is 5.32 Å². The summed E-state index contributed by atoms with van der Waals surface area (Å²) >= 11 is 12.6. The third-order valence-corrected chi connectivity index (χ3v) is 9.09. The van der Waals surface area contributed by atoms with Crippen LogP contribution < -0.4 is 10.6 Å². The molecule has 2 aliphatic heterocycles. The number of nitrogens with one attached hydrogen (secondary N) is 2. The molecule has 1 amide bonds. The van der Waals surface area contributed by atoms with Crippen LogP contribution >= 0.6 is 23.2 Å². The van der Waals surface area contributed by atoms with Crippen molar-refractivity contribution in [3.63, 3.8) is 0 Å². The van der Waals surface area contributed by atoms with E-state index in [2.05, 4.69) is 31.4 Å². The second-order valence-electron chi connectivity index (χ2n) is 12.5. The lowest BCUT2D eigenvalue weighted by molar-refractivity contribution is -0.123. The molecule has 204 valence electrons. The Morgan fingerprint density at radius 2 is 1.84 bits per heavy atom. The number of aliphatic hydroxyl groups excluding tert-OH is 1. The largest absolute Gasteiger partial charge is 0.393 e. The molecule has 2 aromatic rings. The fraction of sp³-hybridized carbons (Fsp3) is 0.533. The van der Waals surface area contributed by atoms with E-state index in [4.69, 9.17) is 23.2 Å². The maximum atomic E-state index is 15.0. The Labute approximate surface area is 233 Å². The Morgan fingerprint density at radius 3 is 2.50 bits per heavy atom. The standard InChI is InChI=1S/C30H35Cl2FN2O3/c1-29(2,3)15-25-30(20-13-22(33)21(32)14-23(20)34-28(30)38)26(17-5-4-6-18(31)12-17)27(35-25)24(37)11-16-7-9-19(36)10-8-16/h4-6,12-14,16,19,25-27,35-36H,7-11,15H2,1-3H3,(H,34,38). The fourth-order valence-electron chi connectivity index (χ4n) is 6.95. The smallest absolute Gasteiger partial charge is 0.237 e. The van der Waals surface area contributed by atoms with E-state index in [1.54, 1.807) is 6.07 Å². The zero-order valence-corrected chi connectivity index (χ0v) is 23.5. The van der Waals surface area contributed by atoms with Gasteiger partial charge in [-0.15, -0.1) is 0 Å². The van der Waals surface area contributed by atoms with E-state index in [0.29, 0.717) is 42.0 Å². The summed E-state index contributed by atoms with van der Waals surface area (Å²) in [6, 6.07) is 9.02. The van der Waals surface area contributed by atoms with Gasteiger partial charge in [0.05, 0.1) is 17.2 Å². The van der Waals surface area contributed by atoms with Gasteiger partial charge in [-0.05, 0) is 78.8 Å². The molecule has 2 heterocycles. The SMILES string of the molecule is CC(C)(C)CC1NC(C(=O)CC2CCC(O)CC2)C(c2cccc(Cl)c2)C12C(=O)Nc1cc(Cl)c(F)cc12. The summed E-state index contributed by atoms with van der Waals surface area (Å²) in [6.45, 7) is 6.28. The van der Waals surface area contributed by atoms with Crippen LogP contribution in [0.3, 0.4) is 0 Å². The quantitative estimate of drug-likeness (QED) is 0.395. The highest BCUT2D eigenvalue weighted by Crippen LogP contribution is 2.57. The molecular formula is C30H35Cl2FN2O3. The van der Waals surface area contributed by atoms with Crippen LogP contribution in [0.15, 0.2) is 36.4 Å². The lowest BCUT2D eigenvalue weighted by Crippen LogP contribution is -2.49. The van der Waals surface area contributed by atoms with Crippen molar-refractivity contribution in [1.29, 1.82) is 0 Å². The number of ketones is 1. The first-order valence-electron chi connectivity index (χ1n) is 13.4. The van der Waals surface area contributed by atoms with E-state index in [9.17, 15) is 19.1 Å². The van der Waals surface area contributed by atoms with Crippen molar-refractivity contribution in [2.45, 2.75) is 88.8 Å². The van der Waals surface area contributed by atoms with Crippen LogP contribution in [0.4, 0.5) is 10.1 Å². The van der Waals surface area contributed by atoms with Crippen molar-refractivity contribution in [2.75, 3.05) is 5.32 Å².